The van der Waals surface area contributed by atoms with Crippen LogP contribution in [0.1, 0.15) is 28.2 Å². The Kier molecular flexibility index (Phi) is 8.79. The van der Waals surface area contributed by atoms with Crippen LogP contribution in [-0.2, 0) is 22.8 Å². The highest BCUT2D eigenvalue weighted by molar-refractivity contribution is 6.08. The molecule has 5 aromatic rings. The van der Waals surface area contributed by atoms with E-state index in [1.807, 2.05) is 0 Å². The smallest absolute Gasteiger partial charge is 0.417 e. The highest BCUT2D eigenvalue weighted by atomic mass is 19.4. The Labute approximate surface area is 270 Å². The van der Waals surface area contributed by atoms with Gasteiger partial charge in [0.25, 0.3) is 5.91 Å². The number of hydrogen-bond acceptors (Lipinski definition) is 6. The number of halogens is 5. The third kappa shape index (κ3) is 6.04. The van der Waals surface area contributed by atoms with E-state index >= 15 is 8.78 Å². The van der Waals surface area contributed by atoms with Gasteiger partial charge in [0.05, 0.1) is 30.3 Å². The number of fused-ring (bicyclic) bond motifs is 2. The maximum Gasteiger partial charge on any atom is 0.417 e. The molecule has 1 saturated heterocycles. The summed E-state index contributed by atoms with van der Waals surface area (Å²) in [6.07, 6.45) is 0.0178. The molecular formula is C34H30F5N5O4. The zero-order chi connectivity index (χ0) is 34.3. The van der Waals surface area contributed by atoms with Crippen LogP contribution < -0.4 is 15.4 Å². The number of methoxy groups -OCH3 is 1. The molecule has 2 N–H and O–H groups in total. The van der Waals surface area contributed by atoms with Crippen LogP contribution in [0.2, 0.25) is 0 Å². The molecule has 6 rings (SSSR count). The average molecular weight is 668 g/mol. The summed E-state index contributed by atoms with van der Waals surface area (Å²) in [5, 5.41) is 5.58. The molecule has 1 aliphatic rings. The van der Waals surface area contributed by atoms with Gasteiger partial charge in [0.2, 0.25) is 5.91 Å². The maximum absolute atomic E-state index is 15.1. The first-order valence-corrected chi connectivity index (χ1v) is 14.9. The number of aryl methyl sites for hydroxylation is 2. The zero-order valence-corrected chi connectivity index (χ0v) is 26.0. The third-order valence-electron chi connectivity index (χ3n) is 8.35. The van der Waals surface area contributed by atoms with Gasteiger partial charge in [0.15, 0.2) is 17.4 Å². The summed E-state index contributed by atoms with van der Waals surface area (Å²) in [5.41, 5.74) is -1.58. The second kappa shape index (κ2) is 12.8. The molecular weight excluding hydrogens is 637 g/mol. The fourth-order valence-electron chi connectivity index (χ4n) is 5.88. The summed E-state index contributed by atoms with van der Waals surface area (Å²) in [6.45, 7) is 3.24. The minimum atomic E-state index is -4.78. The molecule has 9 nitrogen and oxygen atoms in total. The lowest BCUT2D eigenvalue weighted by Gasteiger charge is -2.18. The van der Waals surface area contributed by atoms with Crippen molar-refractivity contribution in [3.05, 3.63) is 89.4 Å². The van der Waals surface area contributed by atoms with E-state index in [2.05, 4.69) is 15.6 Å². The minimum absolute atomic E-state index is 0.0913. The number of alkyl halides is 3. The van der Waals surface area contributed by atoms with Crippen LogP contribution in [0, 0.1) is 18.6 Å². The van der Waals surface area contributed by atoms with Crippen molar-refractivity contribution in [1.29, 1.82) is 0 Å². The maximum atomic E-state index is 15.1. The van der Waals surface area contributed by atoms with Crippen molar-refractivity contribution >= 4 is 39.4 Å². The van der Waals surface area contributed by atoms with Crippen molar-refractivity contribution < 1.29 is 41.0 Å². The van der Waals surface area contributed by atoms with Gasteiger partial charge in [-0.1, -0.05) is 18.2 Å². The predicted octanol–water partition coefficient (Wildman–Crippen LogP) is 6.37. The van der Waals surface area contributed by atoms with E-state index in [1.54, 1.807) is 14.0 Å². The van der Waals surface area contributed by atoms with E-state index in [0.29, 0.717) is 25.6 Å². The molecule has 250 valence electrons. The van der Waals surface area contributed by atoms with E-state index in [4.69, 9.17) is 9.47 Å². The summed E-state index contributed by atoms with van der Waals surface area (Å²) in [5.74, 6) is -3.60. The fourth-order valence-corrected chi connectivity index (χ4v) is 5.88. The summed E-state index contributed by atoms with van der Waals surface area (Å²) >= 11 is 0. The van der Waals surface area contributed by atoms with Crippen molar-refractivity contribution in [2.75, 3.05) is 32.2 Å². The topological polar surface area (TPSA) is 99.4 Å². The zero-order valence-electron chi connectivity index (χ0n) is 26.0. The Bertz CT molecular complexity index is 2070. The van der Waals surface area contributed by atoms with Gasteiger partial charge < -0.3 is 24.7 Å². The second-order valence-electron chi connectivity index (χ2n) is 11.3. The molecule has 14 heteroatoms. The number of nitrogens with zero attached hydrogens (tertiary/aromatic N) is 3. The van der Waals surface area contributed by atoms with E-state index < -0.39 is 40.9 Å². The molecule has 1 fully saturated rings. The van der Waals surface area contributed by atoms with Crippen molar-refractivity contribution in [3.8, 4) is 16.9 Å². The van der Waals surface area contributed by atoms with E-state index in [9.17, 15) is 22.8 Å². The monoisotopic (exact) mass is 667 g/mol. The standard InChI is InChI=1S/C34H30F5N5O4/c1-18-41-31-27(43(18)2)16-23(34(37,38)39)29(32(31)47-3)22-6-4-7-26-21(22)9-12-44(26)33(46)19-14-24(35)30(25(36)15-19)42-28(45)8-5-11-40-20-10-13-48-17-20/h4-9,12,14-16,20,40H,10-11,13,17H2,1-3H3,(H,42,45)/b8-5+/t20-/m0/s1. The molecule has 0 spiro atoms. The number of benzene rings is 3. The number of nitrogens with one attached hydrogen (secondary N) is 2. The molecule has 1 amide bonds. The van der Waals surface area contributed by atoms with Crippen LogP contribution in [0.15, 0.2) is 60.8 Å². The normalized spacial score (nSPS) is 15.2. The Morgan fingerprint density at radius 2 is 1.88 bits per heavy atom. The van der Waals surface area contributed by atoms with Crippen molar-refractivity contribution in [2.45, 2.75) is 25.6 Å². The predicted molar refractivity (Wildman–Crippen MR) is 169 cm³/mol. The Hall–Kier alpha value is -5.08. The van der Waals surface area contributed by atoms with Gasteiger partial charge >= 0.3 is 6.18 Å². The Balaban J connectivity index is 1.32. The molecule has 0 radical (unpaired) electrons. The van der Waals surface area contributed by atoms with Crippen molar-refractivity contribution in [2.24, 2.45) is 7.05 Å². The van der Waals surface area contributed by atoms with Crippen molar-refractivity contribution in [1.82, 2.24) is 19.4 Å². The largest absolute Gasteiger partial charge is 0.494 e. The number of ether oxygens (including phenoxy) is 2. The number of aromatic nitrogens is 3. The van der Waals surface area contributed by atoms with Gasteiger partial charge in [0, 0.05) is 55.0 Å². The summed E-state index contributed by atoms with van der Waals surface area (Å²) in [4.78, 5) is 30.3. The Morgan fingerprint density at radius 1 is 1.12 bits per heavy atom. The molecule has 48 heavy (non-hydrogen) atoms. The molecule has 0 bridgehead atoms. The summed E-state index contributed by atoms with van der Waals surface area (Å²) < 4.78 is 87.2. The van der Waals surface area contributed by atoms with Gasteiger partial charge in [-0.3, -0.25) is 14.2 Å². The SMILES string of the molecule is COc1c(-c2cccc3c2ccn3C(=O)c2cc(F)c(NC(=O)/C=C/CN[C@H]3CCOC3)c(F)c2)c(C(F)(F)F)cc2c1nc(C)n2C. The van der Waals surface area contributed by atoms with Crippen LogP contribution in [0.3, 0.4) is 0 Å². The van der Waals surface area contributed by atoms with Crippen LogP contribution in [0.25, 0.3) is 33.1 Å². The fraction of sp³-hybridized carbons (Fsp3) is 0.265. The Morgan fingerprint density at radius 3 is 2.54 bits per heavy atom. The third-order valence-corrected chi connectivity index (χ3v) is 8.35. The number of amides is 1. The first-order chi connectivity index (χ1) is 22.9. The van der Waals surface area contributed by atoms with Gasteiger partial charge in [-0.15, -0.1) is 0 Å². The van der Waals surface area contributed by atoms with Gasteiger partial charge in [-0.25, -0.2) is 13.8 Å². The van der Waals surface area contributed by atoms with Crippen LogP contribution in [0.4, 0.5) is 27.6 Å². The number of imidazole rings is 1. The van der Waals surface area contributed by atoms with Gasteiger partial charge in [0.1, 0.15) is 17.0 Å². The first kappa shape index (κ1) is 32.8. The summed E-state index contributed by atoms with van der Waals surface area (Å²) in [6, 6.07) is 8.63. The lowest BCUT2D eigenvalue weighted by Crippen LogP contribution is -2.29. The van der Waals surface area contributed by atoms with E-state index in [0.717, 1.165) is 35.3 Å². The van der Waals surface area contributed by atoms with E-state index in [1.165, 1.54) is 48.2 Å². The second-order valence-corrected chi connectivity index (χ2v) is 11.3. The molecule has 1 aliphatic heterocycles. The van der Waals surface area contributed by atoms with Gasteiger partial charge in [-0.2, -0.15) is 13.2 Å². The number of carbonyl (C=O) groups is 2. The summed E-state index contributed by atoms with van der Waals surface area (Å²) in [7, 11) is 2.86. The number of hydrogen-bond donors (Lipinski definition) is 2. The van der Waals surface area contributed by atoms with Crippen molar-refractivity contribution in [3.63, 3.8) is 0 Å². The molecule has 2 aromatic heterocycles. The highest BCUT2D eigenvalue weighted by Crippen LogP contribution is 2.47. The molecule has 3 heterocycles. The molecule has 0 saturated carbocycles. The van der Waals surface area contributed by atoms with Crippen LogP contribution in [0.5, 0.6) is 5.75 Å². The number of carbonyl (C=O) groups excluding carboxylic acids is 2. The molecule has 1 atom stereocenters. The van der Waals surface area contributed by atoms with E-state index in [-0.39, 0.29) is 50.4 Å². The number of rotatable bonds is 8. The highest BCUT2D eigenvalue weighted by Gasteiger charge is 2.38. The first-order valence-electron chi connectivity index (χ1n) is 14.9. The lowest BCUT2D eigenvalue weighted by molar-refractivity contribution is -0.137. The van der Waals surface area contributed by atoms with Crippen LogP contribution in [-0.4, -0.2) is 58.8 Å². The molecule has 0 aliphatic carbocycles. The number of anilines is 1. The van der Waals surface area contributed by atoms with Gasteiger partial charge in [-0.05, 0) is 49.2 Å². The molecule has 3 aromatic carbocycles. The minimum Gasteiger partial charge on any atom is -0.494 e. The lowest BCUT2D eigenvalue weighted by atomic mass is 9.94. The van der Waals surface area contributed by atoms with Crippen LogP contribution >= 0.6 is 0 Å². The molecule has 0 unspecified atom stereocenters. The average Bonchev–Trinajstić information content (AvgIpc) is 3.79. The quantitative estimate of drug-likeness (QED) is 0.148.